The second kappa shape index (κ2) is 5.98. The van der Waals surface area contributed by atoms with Gasteiger partial charge in [0.2, 0.25) is 0 Å². The Balaban J connectivity index is 2.02. The van der Waals surface area contributed by atoms with E-state index in [-0.39, 0.29) is 0 Å². The SMILES string of the molecule is CC(C)n1c(C2CCC(CN)CC2)nc2cccc(Cl)c21. The van der Waals surface area contributed by atoms with E-state index in [1.807, 2.05) is 12.1 Å². The zero-order valence-corrected chi connectivity index (χ0v) is 13.6. The molecule has 3 rings (SSSR count). The molecule has 21 heavy (non-hydrogen) atoms. The number of rotatable bonds is 3. The molecule has 1 aliphatic rings. The van der Waals surface area contributed by atoms with Crippen molar-refractivity contribution in [3.05, 3.63) is 29.0 Å². The molecule has 4 heteroatoms. The molecule has 0 radical (unpaired) electrons. The first kappa shape index (κ1) is 14.9. The number of benzene rings is 1. The van der Waals surface area contributed by atoms with Crippen molar-refractivity contribution in [2.45, 2.75) is 51.5 Å². The van der Waals surface area contributed by atoms with Crippen molar-refractivity contribution in [1.29, 1.82) is 0 Å². The molecule has 0 amide bonds. The van der Waals surface area contributed by atoms with Crippen LogP contribution in [0.5, 0.6) is 0 Å². The molecule has 0 atom stereocenters. The van der Waals surface area contributed by atoms with E-state index in [1.54, 1.807) is 0 Å². The van der Waals surface area contributed by atoms with Crippen molar-refractivity contribution in [1.82, 2.24) is 9.55 Å². The Morgan fingerprint density at radius 3 is 2.62 bits per heavy atom. The van der Waals surface area contributed by atoms with Gasteiger partial charge in [-0.2, -0.15) is 0 Å². The van der Waals surface area contributed by atoms with Gasteiger partial charge < -0.3 is 10.3 Å². The standard InChI is InChI=1S/C17H24ClN3/c1-11(2)21-16-14(18)4-3-5-15(16)20-17(21)13-8-6-12(10-19)7-9-13/h3-5,11-13H,6-10,19H2,1-2H3. The highest BCUT2D eigenvalue weighted by Crippen LogP contribution is 2.38. The van der Waals surface area contributed by atoms with Crippen LogP contribution in [0.1, 0.15) is 57.3 Å². The minimum absolute atomic E-state index is 0.372. The van der Waals surface area contributed by atoms with Gasteiger partial charge in [0.05, 0.1) is 16.1 Å². The fraction of sp³-hybridized carbons (Fsp3) is 0.588. The van der Waals surface area contributed by atoms with Crippen molar-refractivity contribution in [2.24, 2.45) is 11.7 Å². The summed E-state index contributed by atoms with van der Waals surface area (Å²) in [6.45, 7) is 5.23. The molecule has 0 aliphatic heterocycles. The van der Waals surface area contributed by atoms with Crippen LogP contribution in [-0.4, -0.2) is 16.1 Å². The van der Waals surface area contributed by atoms with Gasteiger partial charge in [0.1, 0.15) is 5.82 Å². The molecule has 0 spiro atoms. The first-order chi connectivity index (χ1) is 10.1. The number of nitrogens with zero attached hydrogens (tertiary/aromatic N) is 2. The average Bonchev–Trinajstić information content (AvgIpc) is 2.88. The Hall–Kier alpha value is -1.06. The third kappa shape index (κ3) is 2.69. The normalized spacial score (nSPS) is 23.1. The first-order valence-corrected chi connectivity index (χ1v) is 8.36. The maximum atomic E-state index is 6.43. The van der Waals surface area contributed by atoms with Crippen molar-refractivity contribution in [3.63, 3.8) is 0 Å². The van der Waals surface area contributed by atoms with E-state index in [1.165, 1.54) is 31.5 Å². The van der Waals surface area contributed by atoms with Crippen LogP contribution in [0, 0.1) is 5.92 Å². The summed E-state index contributed by atoms with van der Waals surface area (Å²) in [6, 6.07) is 6.38. The molecule has 1 aliphatic carbocycles. The van der Waals surface area contributed by atoms with Gasteiger partial charge in [-0.3, -0.25) is 0 Å². The number of imidazole rings is 1. The monoisotopic (exact) mass is 305 g/mol. The lowest BCUT2D eigenvalue weighted by molar-refractivity contribution is 0.318. The third-order valence-corrected chi connectivity index (χ3v) is 5.05. The zero-order chi connectivity index (χ0) is 15.0. The summed E-state index contributed by atoms with van der Waals surface area (Å²) in [5.41, 5.74) is 7.92. The summed E-state index contributed by atoms with van der Waals surface area (Å²) < 4.78 is 2.34. The van der Waals surface area contributed by atoms with Gasteiger partial charge in [0.25, 0.3) is 0 Å². The number of fused-ring (bicyclic) bond motifs is 1. The van der Waals surface area contributed by atoms with Crippen LogP contribution < -0.4 is 5.73 Å². The number of hydrogen-bond donors (Lipinski definition) is 1. The smallest absolute Gasteiger partial charge is 0.113 e. The predicted molar refractivity (Wildman–Crippen MR) is 88.9 cm³/mol. The molecule has 2 N–H and O–H groups in total. The number of nitrogens with two attached hydrogens (primary N) is 1. The summed E-state index contributed by atoms with van der Waals surface area (Å²) in [4.78, 5) is 4.92. The van der Waals surface area contributed by atoms with Crippen molar-refractivity contribution in [3.8, 4) is 0 Å². The van der Waals surface area contributed by atoms with Crippen LogP contribution in [0.2, 0.25) is 5.02 Å². The van der Waals surface area contributed by atoms with Crippen LogP contribution in [0.4, 0.5) is 0 Å². The fourth-order valence-electron chi connectivity index (χ4n) is 3.59. The van der Waals surface area contributed by atoms with Gasteiger partial charge in [-0.25, -0.2) is 4.98 Å². The van der Waals surface area contributed by atoms with Crippen LogP contribution in [0.25, 0.3) is 11.0 Å². The third-order valence-electron chi connectivity index (χ3n) is 4.75. The van der Waals surface area contributed by atoms with Gasteiger partial charge in [0.15, 0.2) is 0 Å². The van der Waals surface area contributed by atoms with Gasteiger partial charge in [0, 0.05) is 12.0 Å². The highest BCUT2D eigenvalue weighted by Gasteiger charge is 2.27. The van der Waals surface area contributed by atoms with Gasteiger partial charge in [-0.05, 0) is 64.1 Å². The van der Waals surface area contributed by atoms with E-state index in [0.29, 0.717) is 17.9 Å². The summed E-state index contributed by atoms with van der Waals surface area (Å²) in [5.74, 6) is 2.45. The second-order valence-corrected chi connectivity index (χ2v) is 6.90. The molecular formula is C17H24ClN3. The molecular weight excluding hydrogens is 282 g/mol. The van der Waals surface area contributed by atoms with E-state index in [0.717, 1.165) is 22.6 Å². The summed E-state index contributed by atoms with van der Waals surface area (Å²) in [7, 11) is 0. The van der Waals surface area contributed by atoms with Crippen molar-refractivity contribution >= 4 is 22.6 Å². The zero-order valence-electron chi connectivity index (χ0n) is 12.8. The second-order valence-electron chi connectivity index (χ2n) is 6.49. The minimum atomic E-state index is 0.372. The lowest BCUT2D eigenvalue weighted by Gasteiger charge is -2.28. The summed E-state index contributed by atoms with van der Waals surface area (Å²) in [6.07, 6.45) is 4.82. The number of hydrogen-bond acceptors (Lipinski definition) is 2. The van der Waals surface area contributed by atoms with Gasteiger partial charge >= 0.3 is 0 Å². The van der Waals surface area contributed by atoms with Gasteiger partial charge in [-0.1, -0.05) is 17.7 Å². The van der Waals surface area contributed by atoms with Crippen LogP contribution in [0.15, 0.2) is 18.2 Å². The quantitative estimate of drug-likeness (QED) is 0.907. The topological polar surface area (TPSA) is 43.8 Å². The Morgan fingerprint density at radius 2 is 2.00 bits per heavy atom. The summed E-state index contributed by atoms with van der Waals surface area (Å²) >= 11 is 6.43. The maximum absolute atomic E-state index is 6.43. The molecule has 0 saturated heterocycles. The number of halogens is 1. The van der Waals surface area contributed by atoms with Crippen LogP contribution in [0.3, 0.4) is 0 Å². The van der Waals surface area contributed by atoms with E-state index in [2.05, 4.69) is 24.5 Å². The maximum Gasteiger partial charge on any atom is 0.113 e. The minimum Gasteiger partial charge on any atom is -0.330 e. The molecule has 1 fully saturated rings. The Labute approximate surface area is 131 Å². The lowest BCUT2D eigenvalue weighted by Crippen LogP contribution is -2.22. The largest absolute Gasteiger partial charge is 0.330 e. The van der Waals surface area contributed by atoms with E-state index in [9.17, 15) is 0 Å². The lowest BCUT2D eigenvalue weighted by atomic mass is 9.81. The van der Waals surface area contributed by atoms with Crippen molar-refractivity contribution < 1.29 is 0 Å². The Bertz CT molecular complexity index is 624. The van der Waals surface area contributed by atoms with E-state index < -0.39 is 0 Å². The number of aromatic nitrogens is 2. The highest BCUT2D eigenvalue weighted by molar-refractivity contribution is 6.35. The first-order valence-electron chi connectivity index (χ1n) is 7.98. The Kier molecular flexibility index (Phi) is 4.23. The van der Waals surface area contributed by atoms with Crippen LogP contribution >= 0.6 is 11.6 Å². The highest BCUT2D eigenvalue weighted by atomic mass is 35.5. The fourth-order valence-corrected chi connectivity index (χ4v) is 3.85. The molecule has 0 unspecified atom stereocenters. The van der Waals surface area contributed by atoms with E-state index >= 15 is 0 Å². The number of para-hydroxylation sites is 1. The van der Waals surface area contributed by atoms with Crippen molar-refractivity contribution in [2.75, 3.05) is 6.54 Å². The molecule has 2 aromatic rings. The molecule has 1 saturated carbocycles. The molecule has 114 valence electrons. The molecule has 0 bridgehead atoms. The molecule has 1 aromatic heterocycles. The predicted octanol–water partition coefficient (Wildman–Crippen LogP) is 4.50. The van der Waals surface area contributed by atoms with Crippen LogP contribution in [-0.2, 0) is 0 Å². The summed E-state index contributed by atoms with van der Waals surface area (Å²) in [5, 5.41) is 0.801. The molecule has 3 nitrogen and oxygen atoms in total. The molecule has 1 aromatic carbocycles. The Morgan fingerprint density at radius 1 is 1.29 bits per heavy atom. The van der Waals surface area contributed by atoms with Gasteiger partial charge in [-0.15, -0.1) is 0 Å². The van der Waals surface area contributed by atoms with E-state index in [4.69, 9.17) is 22.3 Å². The molecule has 1 heterocycles. The average molecular weight is 306 g/mol.